The maximum absolute atomic E-state index is 13.0. The minimum atomic E-state index is -0.280. The molecule has 2 N–H and O–H groups in total. The molecule has 0 atom stereocenters. The van der Waals surface area contributed by atoms with Gasteiger partial charge < -0.3 is 5.73 Å². The van der Waals surface area contributed by atoms with Crippen molar-refractivity contribution in [1.82, 2.24) is 9.88 Å². The van der Waals surface area contributed by atoms with E-state index in [9.17, 15) is 4.39 Å². The maximum Gasteiger partial charge on any atom is 0.141 e. The van der Waals surface area contributed by atoms with Crippen molar-refractivity contribution in [3.63, 3.8) is 0 Å². The van der Waals surface area contributed by atoms with Crippen LogP contribution in [0.1, 0.15) is 25.3 Å². The average molecular weight is 267 g/mol. The Morgan fingerprint density at radius 3 is 2.72 bits per heavy atom. The summed E-state index contributed by atoms with van der Waals surface area (Å²) in [7, 11) is 0. The molecule has 1 aromatic rings. The van der Waals surface area contributed by atoms with Gasteiger partial charge in [-0.05, 0) is 37.6 Å². The minimum absolute atomic E-state index is 0.0218. The first-order valence-electron chi connectivity index (χ1n) is 6.11. The van der Waals surface area contributed by atoms with Crippen molar-refractivity contribution in [2.75, 3.05) is 13.1 Å². The number of nitrogens with zero attached hydrogens (tertiary/aromatic N) is 2. The second-order valence-electron chi connectivity index (χ2n) is 5.21. The van der Waals surface area contributed by atoms with Crippen LogP contribution in [0.5, 0.6) is 0 Å². The van der Waals surface area contributed by atoms with Gasteiger partial charge in [-0.2, -0.15) is 0 Å². The number of nitrogens with two attached hydrogens (primary N) is 1. The number of hydrogen-bond acceptors (Lipinski definition) is 3. The van der Waals surface area contributed by atoms with Gasteiger partial charge in [-0.25, -0.2) is 4.39 Å². The Bertz CT molecular complexity index is 442. The summed E-state index contributed by atoms with van der Waals surface area (Å²) in [5.41, 5.74) is 6.66. The van der Waals surface area contributed by atoms with Gasteiger partial charge >= 0.3 is 0 Å². The zero-order valence-corrected chi connectivity index (χ0v) is 11.3. The molecule has 18 heavy (non-hydrogen) atoms. The van der Waals surface area contributed by atoms with Gasteiger partial charge in [-0.3, -0.25) is 9.88 Å². The number of halogens is 1. The average Bonchev–Trinajstić information content (AvgIpc) is 2.32. The lowest BCUT2D eigenvalue weighted by Crippen LogP contribution is -2.44. The normalized spacial score (nSPS) is 19.7. The number of piperidine rings is 1. The van der Waals surface area contributed by atoms with Gasteiger partial charge in [0, 0.05) is 18.2 Å². The molecule has 98 valence electrons. The zero-order chi connectivity index (χ0) is 13.2. The predicted octanol–water partition coefficient (Wildman–Crippen LogP) is 2.11. The van der Waals surface area contributed by atoms with Crippen molar-refractivity contribution in [3.8, 4) is 0 Å². The molecular weight excluding hydrogens is 249 g/mol. The number of hydrogen-bond donors (Lipinski definition) is 1. The Balaban J connectivity index is 1.93. The molecule has 5 heteroatoms. The highest BCUT2D eigenvalue weighted by Crippen LogP contribution is 2.31. The second-order valence-corrected chi connectivity index (χ2v) is 5.65. The lowest BCUT2D eigenvalue weighted by Gasteiger charge is -2.38. The molecule has 0 saturated carbocycles. The third-order valence-electron chi connectivity index (χ3n) is 3.72. The molecule has 0 aromatic carbocycles. The van der Waals surface area contributed by atoms with Gasteiger partial charge in [-0.15, -0.1) is 0 Å². The summed E-state index contributed by atoms with van der Waals surface area (Å²) in [5.74, 6) is -0.280. The summed E-state index contributed by atoms with van der Waals surface area (Å²) < 4.78 is 13.0. The summed E-state index contributed by atoms with van der Waals surface area (Å²) in [4.78, 5) is 6.76. The van der Waals surface area contributed by atoms with Gasteiger partial charge in [0.2, 0.25) is 0 Å². The van der Waals surface area contributed by atoms with Gasteiger partial charge in [-0.1, -0.05) is 19.1 Å². The minimum Gasteiger partial charge on any atom is -0.393 e. The summed E-state index contributed by atoms with van der Waals surface area (Å²) in [6, 6.07) is 1.54. The molecule has 0 unspecified atom stereocenters. The largest absolute Gasteiger partial charge is 0.393 e. The highest BCUT2D eigenvalue weighted by Gasteiger charge is 2.32. The molecular formula is C13H18FN3S. The standard InChI is InChI=1S/C13H18FN3S/c1-13(12(15)18)2-4-17(5-3-13)9-10-6-11(14)8-16-7-10/h6-8H,2-5,9H2,1H3,(H2,15,18). The van der Waals surface area contributed by atoms with Crippen molar-refractivity contribution in [1.29, 1.82) is 0 Å². The van der Waals surface area contributed by atoms with Crippen LogP contribution in [-0.2, 0) is 6.54 Å². The molecule has 1 fully saturated rings. The summed E-state index contributed by atoms with van der Waals surface area (Å²) in [6.45, 7) is 4.73. The van der Waals surface area contributed by atoms with E-state index in [1.165, 1.54) is 12.3 Å². The number of thiocarbonyl (C=S) groups is 1. The predicted molar refractivity (Wildman–Crippen MR) is 73.6 cm³/mol. The topological polar surface area (TPSA) is 42.1 Å². The fourth-order valence-corrected chi connectivity index (χ4v) is 2.46. The van der Waals surface area contributed by atoms with Crippen LogP contribution in [0.15, 0.2) is 18.5 Å². The number of pyridine rings is 1. The molecule has 0 amide bonds. The first kappa shape index (κ1) is 13.4. The summed E-state index contributed by atoms with van der Waals surface area (Å²) in [6.07, 6.45) is 4.87. The smallest absolute Gasteiger partial charge is 0.141 e. The van der Waals surface area contributed by atoms with Crippen LogP contribution in [0.2, 0.25) is 0 Å². The van der Waals surface area contributed by atoms with Crippen molar-refractivity contribution in [2.45, 2.75) is 26.3 Å². The van der Waals surface area contributed by atoms with Crippen LogP contribution in [0.3, 0.4) is 0 Å². The zero-order valence-electron chi connectivity index (χ0n) is 10.5. The van der Waals surface area contributed by atoms with Crippen molar-refractivity contribution >= 4 is 17.2 Å². The van der Waals surface area contributed by atoms with E-state index in [0.29, 0.717) is 4.99 Å². The van der Waals surface area contributed by atoms with Crippen LogP contribution >= 0.6 is 12.2 Å². The lowest BCUT2D eigenvalue weighted by molar-refractivity contribution is 0.157. The molecule has 2 heterocycles. The number of likely N-dealkylation sites (tertiary alicyclic amines) is 1. The van der Waals surface area contributed by atoms with E-state index in [1.54, 1.807) is 6.20 Å². The highest BCUT2D eigenvalue weighted by molar-refractivity contribution is 7.80. The van der Waals surface area contributed by atoms with Crippen molar-refractivity contribution in [2.24, 2.45) is 11.1 Å². The molecule has 1 aliphatic heterocycles. The van der Waals surface area contributed by atoms with E-state index < -0.39 is 0 Å². The second kappa shape index (κ2) is 5.28. The monoisotopic (exact) mass is 267 g/mol. The van der Waals surface area contributed by atoms with E-state index in [2.05, 4.69) is 16.8 Å². The summed E-state index contributed by atoms with van der Waals surface area (Å²) >= 11 is 5.11. The van der Waals surface area contributed by atoms with Crippen molar-refractivity contribution in [3.05, 3.63) is 29.8 Å². The summed E-state index contributed by atoms with van der Waals surface area (Å²) in [5, 5.41) is 0. The molecule has 0 aliphatic carbocycles. The molecule has 1 saturated heterocycles. The third kappa shape index (κ3) is 3.03. The number of aromatic nitrogens is 1. The SMILES string of the molecule is CC1(C(N)=S)CCN(Cc2cncc(F)c2)CC1. The van der Waals surface area contributed by atoms with E-state index in [-0.39, 0.29) is 11.2 Å². The quantitative estimate of drug-likeness (QED) is 0.852. The van der Waals surface area contributed by atoms with E-state index in [1.807, 2.05) is 0 Å². The molecule has 2 rings (SSSR count). The third-order valence-corrected chi connectivity index (χ3v) is 4.21. The molecule has 1 aliphatic rings. The molecule has 0 radical (unpaired) electrons. The first-order valence-corrected chi connectivity index (χ1v) is 6.52. The maximum atomic E-state index is 13.0. The Morgan fingerprint density at radius 2 is 2.17 bits per heavy atom. The van der Waals surface area contributed by atoms with Crippen LogP contribution in [0.4, 0.5) is 4.39 Å². The van der Waals surface area contributed by atoms with Gasteiger partial charge in [0.15, 0.2) is 0 Å². The molecule has 0 bridgehead atoms. The number of rotatable bonds is 3. The van der Waals surface area contributed by atoms with Crippen molar-refractivity contribution < 1.29 is 4.39 Å². The molecule has 3 nitrogen and oxygen atoms in total. The lowest BCUT2D eigenvalue weighted by atomic mass is 9.80. The van der Waals surface area contributed by atoms with E-state index in [4.69, 9.17) is 18.0 Å². The van der Waals surface area contributed by atoms with Crippen LogP contribution < -0.4 is 5.73 Å². The van der Waals surface area contributed by atoms with Crippen LogP contribution in [0.25, 0.3) is 0 Å². The van der Waals surface area contributed by atoms with Gasteiger partial charge in [0.1, 0.15) is 5.82 Å². The molecule has 0 spiro atoms. The Labute approximate surface area is 112 Å². The van der Waals surface area contributed by atoms with Crippen LogP contribution in [-0.4, -0.2) is 28.0 Å². The Morgan fingerprint density at radius 1 is 1.50 bits per heavy atom. The fourth-order valence-electron chi connectivity index (χ4n) is 2.25. The Hall–Kier alpha value is -1.07. The highest BCUT2D eigenvalue weighted by atomic mass is 32.1. The van der Waals surface area contributed by atoms with Gasteiger partial charge in [0.25, 0.3) is 0 Å². The Kier molecular flexibility index (Phi) is 3.92. The first-order chi connectivity index (χ1) is 8.49. The van der Waals surface area contributed by atoms with E-state index in [0.717, 1.165) is 38.0 Å². The fraction of sp³-hybridized carbons (Fsp3) is 0.538. The van der Waals surface area contributed by atoms with E-state index >= 15 is 0 Å². The van der Waals surface area contributed by atoms with Gasteiger partial charge in [0.05, 0.1) is 11.2 Å². The molecule has 1 aromatic heterocycles. The van der Waals surface area contributed by atoms with Crippen LogP contribution in [0, 0.1) is 11.2 Å².